The molecule has 3 heteroatoms. The molecule has 0 heterocycles. The predicted octanol–water partition coefficient (Wildman–Crippen LogP) is 3.32. The van der Waals surface area contributed by atoms with E-state index in [2.05, 4.69) is 13.8 Å². The maximum Gasteiger partial charge on any atom is 0.305 e. The first-order chi connectivity index (χ1) is 7.70. The molecule has 0 aliphatic carbocycles. The summed E-state index contributed by atoms with van der Waals surface area (Å²) in [6.45, 7) is 7.58. The van der Waals surface area contributed by atoms with Gasteiger partial charge >= 0.3 is 5.97 Å². The first kappa shape index (κ1) is 15.4. The lowest BCUT2D eigenvalue weighted by Gasteiger charge is -2.12. The maximum atomic E-state index is 11.3. The van der Waals surface area contributed by atoms with Crippen LogP contribution in [0.5, 0.6) is 0 Å². The Hall–Kier alpha value is -0.570. The molecule has 0 spiro atoms. The van der Waals surface area contributed by atoms with Gasteiger partial charge in [0.2, 0.25) is 0 Å². The van der Waals surface area contributed by atoms with Crippen LogP contribution in [-0.2, 0) is 14.3 Å². The first-order valence-electron chi connectivity index (χ1n) is 6.47. The number of carbonyl (C=O) groups excluding carboxylic acids is 1. The van der Waals surface area contributed by atoms with Crippen molar-refractivity contribution in [3.8, 4) is 0 Å². The molecule has 0 radical (unpaired) electrons. The summed E-state index contributed by atoms with van der Waals surface area (Å²) in [5.74, 6) is -0.0978. The number of esters is 1. The van der Waals surface area contributed by atoms with Gasteiger partial charge in [-0.15, -0.1) is 0 Å². The second-order valence-corrected chi connectivity index (χ2v) is 4.15. The van der Waals surface area contributed by atoms with Crippen molar-refractivity contribution in [2.45, 2.75) is 65.4 Å². The van der Waals surface area contributed by atoms with Crippen LogP contribution in [0, 0.1) is 0 Å². The van der Waals surface area contributed by atoms with Crippen LogP contribution in [0.25, 0.3) is 0 Å². The van der Waals surface area contributed by atoms with Crippen molar-refractivity contribution in [2.24, 2.45) is 0 Å². The molecule has 1 atom stereocenters. The van der Waals surface area contributed by atoms with Crippen LogP contribution < -0.4 is 0 Å². The van der Waals surface area contributed by atoms with Gasteiger partial charge in [0, 0.05) is 13.0 Å². The summed E-state index contributed by atoms with van der Waals surface area (Å²) in [6.07, 6.45) is 5.63. The Balaban J connectivity index is 3.36. The summed E-state index contributed by atoms with van der Waals surface area (Å²) in [6, 6.07) is 0. The fourth-order valence-electron chi connectivity index (χ4n) is 1.24. The Labute approximate surface area is 99.5 Å². The molecule has 0 aliphatic rings. The number of rotatable bonds is 10. The Morgan fingerprint density at radius 3 is 2.38 bits per heavy atom. The average Bonchev–Trinajstić information content (AvgIpc) is 2.27. The molecule has 0 aliphatic heterocycles. The number of ether oxygens (including phenoxy) is 2. The van der Waals surface area contributed by atoms with Gasteiger partial charge in [0.15, 0.2) is 0 Å². The Morgan fingerprint density at radius 1 is 1.12 bits per heavy atom. The molecule has 0 fully saturated rings. The van der Waals surface area contributed by atoms with Gasteiger partial charge in [-0.1, -0.05) is 26.7 Å². The zero-order valence-electron chi connectivity index (χ0n) is 11.0. The summed E-state index contributed by atoms with van der Waals surface area (Å²) in [5.41, 5.74) is 0. The van der Waals surface area contributed by atoms with Crippen molar-refractivity contribution >= 4 is 5.97 Å². The molecule has 0 rings (SSSR count). The second-order valence-electron chi connectivity index (χ2n) is 4.15. The van der Waals surface area contributed by atoms with Gasteiger partial charge in [-0.05, 0) is 26.2 Å². The fraction of sp³-hybridized carbons (Fsp3) is 0.923. The molecule has 16 heavy (non-hydrogen) atoms. The lowest BCUT2D eigenvalue weighted by Crippen LogP contribution is -2.13. The van der Waals surface area contributed by atoms with Crippen molar-refractivity contribution in [1.29, 1.82) is 0 Å². The molecular weight excluding hydrogens is 204 g/mol. The van der Waals surface area contributed by atoms with E-state index >= 15 is 0 Å². The highest BCUT2D eigenvalue weighted by Crippen LogP contribution is 2.04. The molecule has 0 bridgehead atoms. The van der Waals surface area contributed by atoms with Gasteiger partial charge in [0.25, 0.3) is 0 Å². The van der Waals surface area contributed by atoms with E-state index in [1.54, 1.807) is 0 Å². The Kier molecular flexibility index (Phi) is 10.5. The molecule has 0 aromatic rings. The van der Waals surface area contributed by atoms with Crippen molar-refractivity contribution in [1.82, 2.24) is 0 Å². The lowest BCUT2D eigenvalue weighted by atomic mass is 10.2. The van der Waals surface area contributed by atoms with Crippen LogP contribution in [-0.4, -0.2) is 25.3 Å². The predicted molar refractivity (Wildman–Crippen MR) is 65.4 cm³/mol. The molecular formula is C13H26O3. The Bertz CT molecular complexity index is 169. The third-order valence-electron chi connectivity index (χ3n) is 2.42. The molecule has 0 saturated heterocycles. The van der Waals surface area contributed by atoms with E-state index in [0.29, 0.717) is 13.0 Å². The zero-order valence-corrected chi connectivity index (χ0v) is 11.0. The largest absolute Gasteiger partial charge is 0.466 e. The molecule has 96 valence electrons. The summed E-state index contributed by atoms with van der Waals surface area (Å²) < 4.78 is 10.6. The summed E-state index contributed by atoms with van der Waals surface area (Å²) in [7, 11) is 0. The standard InChI is InChI=1S/C13H26O3/c1-4-6-10-15-12(3)8-9-13(14)16-11-7-5-2/h12H,4-11H2,1-3H3. The fourth-order valence-corrected chi connectivity index (χ4v) is 1.24. The van der Waals surface area contributed by atoms with Crippen molar-refractivity contribution in [2.75, 3.05) is 13.2 Å². The minimum atomic E-state index is -0.0978. The minimum Gasteiger partial charge on any atom is -0.466 e. The number of unbranched alkanes of at least 4 members (excludes halogenated alkanes) is 2. The van der Waals surface area contributed by atoms with Gasteiger partial charge < -0.3 is 9.47 Å². The van der Waals surface area contributed by atoms with E-state index < -0.39 is 0 Å². The van der Waals surface area contributed by atoms with E-state index in [-0.39, 0.29) is 12.1 Å². The number of hydrogen-bond donors (Lipinski definition) is 0. The Morgan fingerprint density at radius 2 is 1.75 bits per heavy atom. The quantitative estimate of drug-likeness (QED) is 0.426. The second kappa shape index (κ2) is 10.9. The van der Waals surface area contributed by atoms with Crippen LogP contribution in [0.15, 0.2) is 0 Å². The third-order valence-corrected chi connectivity index (χ3v) is 2.42. The van der Waals surface area contributed by atoms with Crippen LogP contribution in [0.2, 0.25) is 0 Å². The summed E-state index contributed by atoms with van der Waals surface area (Å²) >= 11 is 0. The van der Waals surface area contributed by atoms with E-state index in [4.69, 9.17) is 9.47 Å². The number of hydrogen-bond acceptors (Lipinski definition) is 3. The molecule has 0 aromatic carbocycles. The van der Waals surface area contributed by atoms with Gasteiger partial charge in [-0.3, -0.25) is 4.79 Å². The zero-order chi connectivity index (χ0) is 12.2. The van der Waals surface area contributed by atoms with E-state index in [9.17, 15) is 4.79 Å². The average molecular weight is 230 g/mol. The van der Waals surface area contributed by atoms with Crippen LogP contribution >= 0.6 is 0 Å². The normalized spacial score (nSPS) is 12.4. The van der Waals surface area contributed by atoms with Crippen LogP contribution in [0.3, 0.4) is 0 Å². The van der Waals surface area contributed by atoms with E-state index in [0.717, 1.165) is 38.7 Å². The molecule has 3 nitrogen and oxygen atoms in total. The van der Waals surface area contributed by atoms with E-state index in [1.807, 2.05) is 6.92 Å². The van der Waals surface area contributed by atoms with Crippen molar-refractivity contribution < 1.29 is 14.3 Å². The van der Waals surface area contributed by atoms with Crippen molar-refractivity contribution in [3.63, 3.8) is 0 Å². The topological polar surface area (TPSA) is 35.5 Å². The van der Waals surface area contributed by atoms with Gasteiger partial charge in [-0.25, -0.2) is 0 Å². The maximum absolute atomic E-state index is 11.3. The highest BCUT2D eigenvalue weighted by molar-refractivity contribution is 5.69. The highest BCUT2D eigenvalue weighted by Gasteiger charge is 2.07. The first-order valence-corrected chi connectivity index (χ1v) is 6.47. The smallest absolute Gasteiger partial charge is 0.305 e. The van der Waals surface area contributed by atoms with E-state index in [1.165, 1.54) is 0 Å². The van der Waals surface area contributed by atoms with Gasteiger partial charge in [0.05, 0.1) is 12.7 Å². The highest BCUT2D eigenvalue weighted by atomic mass is 16.5. The van der Waals surface area contributed by atoms with Crippen LogP contribution in [0.1, 0.15) is 59.3 Å². The number of carbonyl (C=O) groups is 1. The SMILES string of the molecule is CCCCOC(=O)CCC(C)OCCCC. The molecule has 0 N–H and O–H groups in total. The van der Waals surface area contributed by atoms with Gasteiger partial charge in [0.1, 0.15) is 0 Å². The minimum absolute atomic E-state index is 0.0978. The third kappa shape index (κ3) is 9.97. The monoisotopic (exact) mass is 230 g/mol. The molecule has 0 saturated carbocycles. The summed E-state index contributed by atoms with van der Waals surface area (Å²) in [4.78, 5) is 11.3. The molecule has 0 amide bonds. The summed E-state index contributed by atoms with van der Waals surface area (Å²) in [5, 5.41) is 0. The lowest BCUT2D eigenvalue weighted by molar-refractivity contribution is -0.144. The molecule has 1 unspecified atom stereocenters. The molecule has 0 aromatic heterocycles. The van der Waals surface area contributed by atoms with Gasteiger partial charge in [-0.2, -0.15) is 0 Å². The van der Waals surface area contributed by atoms with Crippen molar-refractivity contribution in [3.05, 3.63) is 0 Å². The van der Waals surface area contributed by atoms with Crippen LogP contribution in [0.4, 0.5) is 0 Å².